The van der Waals surface area contributed by atoms with E-state index in [0.717, 1.165) is 12.8 Å². The van der Waals surface area contributed by atoms with Crippen molar-refractivity contribution in [3.63, 3.8) is 0 Å². The van der Waals surface area contributed by atoms with Gasteiger partial charge in [-0.3, -0.25) is 9.59 Å². The molecule has 21 heavy (non-hydrogen) atoms. The number of amides is 2. The molecule has 2 aromatic heterocycles. The van der Waals surface area contributed by atoms with E-state index in [-0.39, 0.29) is 18.4 Å². The van der Waals surface area contributed by atoms with Crippen LogP contribution in [0.15, 0.2) is 28.2 Å². The summed E-state index contributed by atoms with van der Waals surface area (Å²) in [5, 5.41) is 5.06. The highest BCUT2D eigenvalue weighted by molar-refractivity contribution is 7.14. The molecule has 7 heteroatoms. The fourth-order valence-electron chi connectivity index (χ4n) is 2.23. The van der Waals surface area contributed by atoms with Gasteiger partial charge in [0.2, 0.25) is 11.8 Å². The van der Waals surface area contributed by atoms with Gasteiger partial charge in [0.05, 0.1) is 12.8 Å². The van der Waals surface area contributed by atoms with Gasteiger partial charge in [-0.05, 0) is 25.0 Å². The van der Waals surface area contributed by atoms with Gasteiger partial charge in [0.25, 0.3) is 0 Å². The third-order valence-corrected chi connectivity index (χ3v) is 4.04. The van der Waals surface area contributed by atoms with Crippen LogP contribution < -0.4 is 5.32 Å². The molecule has 1 aliphatic heterocycles. The largest absolute Gasteiger partial charge is 0.463 e. The molecule has 3 heterocycles. The summed E-state index contributed by atoms with van der Waals surface area (Å²) in [6.45, 7) is 0.746. The maximum Gasteiger partial charge on any atom is 0.245 e. The first-order valence-electron chi connectivity index (χ1n) is 6.79. The highest BCUT2D eigenvalue weighted by Gasteiger charge is 2.20. The molecule has 0 radical (unpaired) electrons. The second-order valence-corrected chi connectivity index (χ2v) is 5.69. The molecule has 1 saturated heterocycles. The standard InChI is InChI=1S/C14H15N3O3S/c18-12(8-17-6-2-1-5-13(17)19)16-14-15-10(9-21-14)11-4-3-7-20-11/h3-4,7,9H,1-2,5-6,8H2,(H,15,16,18). The van der Waals surface area contributed by atoms with Gasteiger partial charge >= 0.3 is 0 Å². The zero-order valence-electron chi connectivity index (χ0n) is 11.4. The number of anilines is 1. The van der Waals surface area contributed by atoms with Crippen molar-refractivity contribution in [3.05, 3.63) is 23.8 Å². The van der Waals surface area contributed by atoms with Crippen molar-refractivity contribution in [2.75, 3.05) is 18.4 Å². The van der Waals surface area contributed by atoms with Crippen LogP contribution in [0.2, 0.25) is 0 Å². The summed E-state index contributed by atoms with van der Waals surface area (Å²) in [7, 11) is 0. The summed E-state index contributed by atoms with van der Waals surface area (Å²) in [6.07, 6.45) is 3.98. The fraction of sp³-hybridized carbons (Fsp3) is 0.357. The quantitative estimate of drug-likeness (QED) is 0.941. The molecule has 3 rings (SSSR count). The van der Waals surface area contributed by atoms with Crippen LogP contribution in [0.5, 0.6) is 0 Å². The topological polar surface area (TPSA) is 75.4 Å². The summed E-state index contributed by atoms with van der Waals surface area (Å²) in [6, 6.07) is 3.60. The molecule has 2 aromatic rings. The number of rotatable bonds is 4. The molecular weight excluding hydrogens is 290 g/mol. The van der Waals surface area contributed by atoms with E-state index >= 15 is 0 Å². The predicted molar refractivity (Wildman–Crippen MR) is 78.9 cm³/mol. The van der Waals surface area contributed by atoms with E-state index in [4.69, 9.17) is 4.42 Å². The summed E-state index contributed by atoms with van der Waals surface area (Å²) < 4.78 is 5.25. The molecule has 0 aliphatic carbocycles. The lowest BCUT2D eigenvalue weighted by atomic mass is 10.1. The number of hydrogen-bond acceptors (Lipinski definition) is 5. The molecule has 6 nitrogen and oxygen atoms in total. The van der Waals surface area contributed by atoms with Crippen molar-refractivity contribution in [1.29, 1.82) is 0 Å². The zero-order valence-corrected chi connectivity index (χ0v) is 12.2. The van der Waals surface area contributed by atoms with Gasteiger partial charge in [-0.25, -0.2) is 4.98 Å². The van der Waals surface area contributed by atoms with Crippen molar-refractivity contribution in [2.24, 2.45) is 0 Å². The van der Waals surface area contributed by atoms with Crippen molar-refractivity contribution in [2.45, 2.75) is 19.3 Å². The molecule has 0 spiro atoms. The number of likely N-dealkylation sites (tertiary alicyclic amines) is 1. The minimum atomic E-state index is -0.217. The van der Waals surface area contributed by atoms with Crippen LogP contribution >= 0.6 is 11.3 Å². The molecule has 1 N–H and O–H groups in total. The highest BCUT2D eigenvalue weighted by Crippen LogP contribution is 2.25. The Hall–Kier alpha value is -2.15. The number of furan rings is 1. The maximum absolute atomic E-state index is 12.0. The van der Waals surface area contributed by atoms with E-state index in [0.29, 0.717) is 29.6 Å². The minimum absolute atomic E-state index is 0.0480. The summed E-state index contributed by atoms with van der Waals surface area (Å²) in [5.74, 6) is 0.496. The number of carbonyl (C=O) groups is 2. The lowest BCUT2D eigenvalue weighted by Gasteiger charge is -2.25. The first-order chi connectivity index (χ1) is 10.2. The second kappa shape index (κ2) is 6.09. The van der Waals surface area contributed by atoms with Gasteiger partial charge in [-0.15, -0.1) is 11.3 Å². The van der Waals surface area contributed by atoms with Gasteiger partial charge in [0.1, 0.15) is 5.69 Å². The monoisotopic (exact) mass is 305 g/mol. The molecule has 0 saturated carbocycles. The van der Waals surface area contributed by atoms with Crippen molar-refractivity contribution in [3.8, 4) is 11.5 Å². The van der Waals surface area contributed by atoms with Crippen LogP contribution in [0.1, 0.15) is 19.3 Å². The smallest absolute Gasteiger partial charge is 0.245 e. The van der Waals surface area contributed by atoms with E-state index in [1.165, 1.54) is 11.3 Å². The number of carbonyl (C=O) groups excluding carboxylic acids is 2. The normalized spacial score (nSPS) is 15.2. The van der Waals surface area contributed by atoms with E-state index in [1.54, 1.807) is 17.2 Å². The average Bonchev–Trinajstić information content (AvgIpc) is 3.12. The van der Waals surface area contributed by atoms with Gasteiger partial charge < -0.3 is 14.6 Å². The minimum Gasteiger partial charge on any atom is -0.463 e. The SMILES string of the molecule is O=C(CN1CCCCC1=O)Nc1nc(-c2ccco2)cs1. The molecule has 0 atom stereocenters. The summed E-state index contributed by atoms with van der Waals surface area (Å²) in [5.41, 5.74) is 0.689. The van der Waals surface area contributed by atoms with E-state index in [2.05, 4.69) is 10.3 Å². The van der Waals surface area contributed by atoms with Crippen LogP contribution in [0.3, 0.4) is 0 Å². The Bertz CT molecular complexity index is 636. The second-order valence-electron chi connectivity index (χ2n) is 4.84. The predicted octanol–water partition coefficient (Wildman–Crippen LogP) is 2.35. The van der Waals surface area contributed by atoms with Crippen LogP contribution in [0.25, 0.3) is 11.5 Å². The third kappa shape index (κ3) is 3.30. The molecule has 110 valence electrons. The van der Waals surface area contributed by atoms with Gasteiger partial charge in [0.15, 0.2) is 10.9 Å². The molecular formula is C14H15N3O3S. The molecule has 2 amide bonds. The first-order valence-corrected chi connectivity index (χ1v) is 7.67. The number of piperidine rings is 1. The fourth-order valence-corrected chi connectivity index (χ4v) is 2.95. The molecule has 1 aliphatic rings. The number of nitrogens with one attached hydrogen (secondary N) is 1. The van der Waals surface area contributed by atoms with Crippen molar-refractivity contribution >= 4 is 28.3 Å². The Balaban J connectivity index is 1.59. The van der Waals surface area contributed by atoms with Crippen molar-refractivity contribution in [1.82, 2.24) is 9.88 Å². The summed E-state index contributed by atoms with van der Waals surface area (Å²) in [4.78, 5) is 29.5. The first kappa shape index (κ1) is 13.8. The Morgan fingerprint density at radius 2 is 2.38 bits per heavy atom. The van der Waals surface area contributed by atoms with E-state index in [1.807, 2.05) is 11.4 Å². The van der Waals surface area contributed by atoms with E-state index in [9.17, 15) is 9.59 Å². The van der Waals surface area contributed by atoms with Crippen LogP contribution in [-0.2, 0) is 9.59 Å². The molecule has 0 bridgehead atoms. The van der Waals surface area contributed by atoms with Crippen LogP contribution in [0, 0.1) is 0 Å². The molecule has 1 fully saturated rings. The lowest BCUT2D eigenvalue weighted by Crippen LogP contribution is -2.40. The lowest BCUT2D eigenvalue weighted by molar-refractivity contribution is -0.136. The van der Waals surface area contributed by atoms with Gasteiger partial charge in [-0.1, -0.05) is 0 Å². The maximum atomic E-state index is 12.0. The average molecular weight is 305 g/mol. The Kier molecular flexibility index (Phi) is 4.01. The van der Waals surface area contributed by atoms with Crippen LogP contribution in [0.4, 0.5) is 5.13 Å². The Morgan fingerprint density at radius 1 is 1.48 bits per heavy atom. The zero-order chi connectivity index (χ0) is 14.7. The summed E-state index contributed by atoms with van der Waals surface area (Å²) >= 11 is 1.33. The number of hydrogen-bond donors (Lipinski definition) is 1. The Labute approximate surface area is 125 Å². The third-order valence-electron chi connectivity index (χ3n) is 3.28. The number of aromatic nitrogens is 1. The highest BCUT2D eigenvalue weighted by atomic mass is 32.1. The number of thiazole rings is 1. The molecule has 0 unspecified atom stereocenters. The van der Waals surface area contributed by atoms with Gasteiger partial charge in [0, 0.05) is 18.3 Å². The van der Waals surface area contributed by atoms with Crippen molar-refractivity contribution < 1.29 is 14.0 Å². The molecule has 0 aromatic carbocycles. The van der Waals surface area contributed by atoms with Crippen LogP contribution in [-0.4, -0.2) is 34.8 Å². The van der Waals surface area contributed by atoms with E-state index < -0.39 is 0 Å². The number of nitrogens with zero attached hydrogens (tertiary/aromatic N) is 2. The Morgan fingerprint density at radius 3 is 3.14 bits per heavy atom. The van der Waals surface area contributed by atoms with Gasteiger partial charge in [-0.2, -0.15) is 0 Å².